The van der Waals surface area contributed by atoms with Gasteiger partial charge in [-0.1, -0.05) is 0 Å². The van der Waals surface area contributed by atoms with Crippen molar-refractivity contribution in [3.05, 3.63) is 35.5 Å². The summed E-state index contributed by atoms with van der Waals surface area (Å²) in [5.74, 6) is -2.77. The monoisotopic (exact) mass is 535 g/mol. The molecular formula is C25H31F2N5O4S. The summed E-state index contributed by atoms with van der Waals surface area (Å²) in [6.45, 7) is 5.74. The Kier molecular flexibility index (Phi) is 6.87. The number of benzene rings is 1. The lowest BCUT2D eigenvalue weighted by molar-refractivity contribution is -0.169. The Morgan fingerprint density at radius 2 is 1.51 bits per heavy atom. The highest BCUT2D eigenvalue weighted by Crippen LogP contribution is 2.38. The molecule has 0 aliphatic carbocycles. The number of piperazine rings is 1. The van der Waals surface area contributed by atoms with Crippen LogP contribution >= 0.6 is 0 Å². The van der Waals surface area contributed by atoms with Crippen molar-refractivity contribution in [2.24, 2.45) is 0 Å². The molecule has 2 aromatic rings. The average molecular weight is 536 g/mol. The zero-order chi connectivity index (χ0) is 25.6. The fraction of sp³-hybridized carbons (Fsp3) is 0.600. The summed E-state index contributed by atoms with van der Waals surface area (Å²) in [4.78, 5) is 21.9. The first-order valence-electron chi connectivity index (χ1n) is 13.0. The third-order valence-corrected chi connectivity index (χ3v) is 9.41. The van der Waals surface area contributed by atoms with E-state index in [2.05, 4.69) is 4.98 Å². The zero-order valence-corrected chi connectivity index (χ0v) is 21.5. The SMILES string of the molecule is O=C(c1cnc2cc(F)c(F)cc2c1N1CCC2(CC1)OCCO2)N1CCN(S(=O)N2CCCC2)CC1. The molecule has 37 heavy (non-hydrogen) atoms. The van der Waals surface area contributed by atoms with Crippen molar-refractivity contribution in [2.75, 3.05) is 70.5 Å². The molecule has 1 amide bonds. The molecular weight excluding hydrogens is 504 g/mol. The maximum Gasteiger partial charge on any atom is 0.257 e. The van der Waals surface area contributed by atoms with Gasteiger partial charge in [0.05, 0.1) is 30.0 Å². The first kappa shape index (κ1) is 25.1. The smallest absolute Gasteiger partial charge is 0.257 e. The van der Waals surface area contributed by atoms with E-state index in [0.29, 0.717) is 87.5 Å². The van der Waals surface area contributed by atoms with Gasteiger partial charge in [-0.3, -0.25) is 9.78 Å². The molecule has 0 N–H and O–H groups in total. The number of hydrogen-bond acceptors (Lipinski definition) is 6. The van der Waals surface area contributed by atoms with E-state index in [1.165, 1.54) is 6.20 Å². The first-order valence-corrected chi connectivity index (χ1v) is 14.0. The van der Waals surface area contributed by atoms with Crippen LogP contribution in [-0.4, -0.2) is 100.0 Å². The predicted molar refractivity (Wildman–Crippen MR) is 134 cm³/mol. The third kappa shape index (κ3) is 4.74. The van der Waals surface area contributed by atoms with Crippen LogP contribution < -0.4 is 4.90 Å². The van der Waals surface area contributed by atoms with Gasteiger partial charge < -0.3 is 19.3 Å². The van der Waals surface area contributed by atoms with Gasteiger partial charge in [0.1, 0.15) is 0 Å². The fourth-order valence-corrected chi connectivity index (χ4v) is 7.13. The van der Waals surface area contributed by atoms with Gasteiger partial charge in [0.15, 0.2) is 28.6 Å². The number of rotatable bonds is 4. The number of carbonyl (C=O) groups is 1. The first-order chi connectivity index (χ1) is 17.9. The lowest BCUT2D eigenvalue weighted by Crippen LogP contribution is -2.52. The van der Waals surface area contributed by atoms with E-state index in [1.54, 1.807) is 4.90 Å². The summed E-state index contributed by atoms with van der Waals surface area (Å²) in [7, 11) is 0. The topological polar surface area (TPSA) is 78.5 Å². The Labute approximate surface area is 217 Å². The van der Waals surface area contributed by atoms with E-state index in [-0.39, 0.29) is 5.91 Å². The largest absolute Gasteiger partial charge is 0.370 e. The van der Waals surface area contributed by atoms with Crippen LogP contribution in [0.3, 0.4) is 0 Å². The summed E-state index contributed by atoms with van der Waals surface area (Å²) in [5, 5.41) is 0.405. The van der Waals surface area contributed by atoms with E-state index in [4.69, 9.17) is 9.47 Å². The van der Waals surface area contributed by atoms with Crippen molar-refractivity contribution in [1.29, 1.82) is 0 Å². The van der Waals surface area contributed by atoms with Crippen molar-refractivity contribution in [3.63, 3.8) is 0 Å². The standard InChI is InChI=1S/C25H31F2N5O4S/c26-20-15-18-22(16-21(20)27)28-17-19(23(18)29-7-3-25(4-8-29)35-13-14-36-25)24(33)30-9-11-32(12-10-30)37(34)31-5-1-2-6-31/h15-17H,1-14H2. The van der Waals surface area contributed by atoms with Crippen LogP contribution in [-0.2, 0) is 20.6 Å². The second-order valence-corrected chi connectivity index (χ2v) is 11.5. The van der Waals surface area contributed by atoms with Gasteiger partial charge in [0, 0.05) is 82.8 Å². The minimum absolute atomic E-state index is 0.214. The van der Waals surface area contributed by atoms with Crippen LogP contribution in [0.15, 0.2) is 18.3 Å². The molecule has 4 aliphatic rings. The summed E-state index contributed by atoms with van der Waals surface area (Å²) in [6, 6.07) is 2.21. The van der Waals surface area contributed by atoms with Gasteiger partial charge in [-0.05, 0) is 18.9 Å². The molecule has 1 aromatic carbocycles. The van der Waals surface area contributed by atoms with E-state index in [9.17, 15) is 17.8 Å². The second kappa shape index (κ2) is 10.1. The lowest BCUT2D eigenvalue weighted by Gasteiger charge is -2.40. The van der Waals surface area contributed by atoms with Gasteiger partial charge in [-0.2, -0.15) is 0 Å². The minimum atomic E-state index is -1.18. The van der Waals surface area contributed by atoms with Crippen LogP contribution in [0.5, 0.6) is 0 Å². The average Bonchev–Trinajstić information content (AvgIpc) is 3.62. The number of pyridine rings is 1. The summed E-state index contributed by atoms with van der Waals surface area (Å²) < 4.78 is 56.9. The van der Waals surface area contributed by atoms with Crippen molar-refractivity contribution in [3.8, 4) is 0 Å². The Bertz CT molecular complexity index is 1200. The van der Waals surface area contributed by atoms with Crippen LogP contribution in [0.4, 0.5) is 14.5 Å². The van der Waals surface area contributed by atoms with E-state index < -0.39 is 28.6 Å². The number of aromatic nitrogens is 1. The molecule has 4 fully saturated rings. The number of nitrogens with zero attached hydrogens (tertiary/aromatic N) is 5. The number of hydrogen-bond donors (Lipinski definition) is 0. The Balaban J connectivity index is 1.26. The number of amides is 1. The highest BCUT2D eigenvalue weighted by atomic mass is 32.2. The summed E-state index contributed by atoms with van der Waals surface area (Å²) in [5.41, 5.74) is 1.21. The Morgan fingerprint density at radius 1 is 0.892 bits per heavy atom. The molecule has 200 valence electrons. The normalized spacial score (nSPS) is 23.8. The van der Waals surface area contributed by atoms with Crippen molar-refractivity contribution < 1.29 is 27.3 Å². The molecule has 4 aliphatic heterocycles. The molecule has 1 spiro atoms. The fourth-order valence-electron chi connectivity index (χ4n) is 5.75. The van der Waals surface area contributed by atoms with Crippen LogP contribution in [0, 0.1) is 11.6 Å². The molecule has 9 nitrogen and oxygen atoms in total. The van der Waals surface area contributed by atoms with Gasteiger partial charge in [-0.15, -0.1) is 0 Å². The molecule has 0 saturated carbocycles. The molecule has 4 saturated heterocycles. The van der Waals surface area contributed by atoms with Crippen molar-refractivity contribution in [1.82, 2.24) is 18.5 Å². The highest BCUT2D eigenvalue weighted by molar-refractivity contribution is 7.80. The number of anilines is 1. The van der Waals surface area contributed by atoms with Gasteiger partial charge in [0.2, 0.25) is 0 Å². The molecule has 0 bridgehead atoms. The molecule has 5 heterocycles. The number of halogens is 2. The lowest BCUT2D eigenvalue weighted by atomic mass is 9.99. The van der Waals surface area contributed by atoms with Crippen LogP contribution in [0.2, 0.25) is 0 Å². The third-order valence-electron chi connectivity index (χ3n) is 7.80. The molecule has 0 radical (unpaired) electrons. The summed E-state index contributed by atoms with van der Waals surface area (Å²) in [6.07, 6.45) is 4.80. The predicted octanol–water partition coefficient (Wildman–Crippen LogP) is 2.29. The number of piperidine rings is 1. The minimum Gasteiger partial charge on any atom is -0.370 e. The quantitative estimate of drug-likeness (QED) is 0.598. The number of carbonyl (C=O) groups excluding carboxylic acids is 1. The Morgan fingerprint density at radius 3 is 2.19 bits per heavy atom. The van der Waals surface area contributed by atoms with Crippen molar-refractivity contribution >= 4 is 33.7 Å². The molecule has 6 rings (SSSR count). The Hall–Kier alpha value is -2.25. The number of fused-ring (bicyclic) bond motifs is 1. The zero-order valence-electron chi connectivity index (χ0n) is 20.7. The van der Waals surface area contributed by atoms with Gasteiger partial charge in [-0.25, -0.2) is 21.6 Å². The van der Waals surface area contributed by atoms with Gasteiger partial charge >= 0.3 is 0 Å². The second-order valence-electron chi connectivity index (χ2n) is 9.99. The maximum absolute atomic E-state index is 14.4. The van der Waals surface area contributed by atoms with Gasteiger partial charge in [0.25, 0.3) is 5.91 Å². The highest BCUT2D eigenvalue weighted by Gasteiger charge is 2.41. The van der Waals surface area contributed by atoms with E-state index >= 15 is 0 Å². The maximum atomic E-state index is 14.4. The van der Waals surface area contributed by atoms with Crippen LogP contribution in [0.25, 0.3) is 10.9 Å². The van der Waals surface area contributed by atoms with Crippen molar-refractivity contribution in [2.45, 2.75) is 31.5 Å². The molecule has 1 aromatic heterocycles. The molecule has 12 heteroatoms. The molecule has 1 atom stereocenters. The number of ether oxygens (including phenoxy) is 2. The van der Waals surface area contributed by atoms with Crippen LogP contribution in [0.1, 0.15) is 36.0 Å². The summed E-state index contributed by atoms with van der Waals surface area (Å²) >= 11 is -1.18. The van der Waals surface area contributed by atoms with E-state index in [1.807, 2.05) is 13.5 Å². The molecule has 1 unspecified atom stereocenters. The van der Waals surface area contributed by atoms with E-state index in [0.717, 1.165) is 38.1 Å².